The summed E-state index contributed by atoms with van der Waals surface area (Å²) in [6.07, 6.45) is 0. The lowest BCUT2D eigenvalue weighted by molar-refractivity contribution is -0.113. The van der Waals surface area contributed by atoms with Gasteiger partial charge in [0.15, 0.2) is 11.5 Å². The normalized spacial score (nSPS) is 10.5. The van der Waals surface area contributed by atoms with Crippen LogP contribution in [0.2, 0.25) is 0 Å². The van der Waals surface area contributed by atoms with Gasteiger partial charge in [-0.15, -0.1) is 11.8 Å². The summed E-state index contributed by atoms with van der Waals surface area (Å²) in [4.78, 5) is 23.5. The number of nitrogens with zero attached hydrogens (tertiary/aromatic N) is 1. The highest BCUT2D eigenvalue weighted by molar-refractivity contribution is 7.99. The topological polar surface area (TPSA) is 111 Å². The number of aromatic nitrogens is 1. The van der Waals surface area contributed by atoms with Gasteiger partial charge in [0.05, 0.1) is 36.9 Å². The number of carbonyl (C=O) groups excluding carboxylic acids is 1. The minimum Gasteiger partial charge on any atom is -0.493 e. The van der Waals surface area contributed by atoms with Gasteiger partial charge in [0.1, 0.15) is 5.76 Å². The SMILES string of the molecule is COc1cc(C(=O)O)cc(NC(=O)CSCc2c(C)noc2C)c1OC. The fourth-order valence-corrected chi connectivity index (χ4v) is 3.30. The van der Waals surface area contributed by atoms with Crippen LogP contribution in [0.4, 0.5) is 5.69 Å². The molecule has 2 rings (SSSR count). The summed E-state index contributed by atoms with van der Waals surface area (Å²) in [5.41, 5.74) is 2.00. The molecule has 2 aromatic rings. The Kier molecular flexibility index (Phi) is 6.51. The standard InChI is InChI=1S/C17H20N2O6S/c1-9-12(10(2)25-19-9)7-26-8-15(20)18-13-5-11(17(21)22)6-14(23-3)16(13)24-4/h5-6H,7-8H2,1-4H3,(H,18,20)(H,21,22). The third-order valence-corrected chi connectivity index (χ3v) is 4.62. The van der Waals surface area contributed by atoms with Crippen LogP contribution >= 0.6 is 11.8 Å². The van der Waals surface area contributed by atoms with E-state index in [4.69, 9.17) is 14.0 Å². The largest absolute Gasteiger partial charge is 0.493 e. The lowest BCUT2D eigenvalue weighted by Gasteiger charge is -2.14. The van der Waals surface area contributed by atoms with Crippen LogP contribution in [0, 0.1) is 13.8 Å². The molecule has 0 unspecified atom stereocenters. The van der Waals surface area contributed by atoms with Crippen molar-refractivity contribution >= 4 is 29.3 Å². The molecule has 9 heteroatoms. The Morgan fingerprint density at radius 2 is 2.00 bits per heavy atom. The van der Waals surface area contributed by atoms with E-state index in [1.165, 1.54) is 38.1 Å². The molecule has 1 aromatic carbocycles. The van der Waals surface area contributed by atoms with Gasteiger partial charge in [0.2, 0.25) is 5.91 Å². The van der Waals surface area contributed by atoms with Crippen molar-refractivity contribution in [2.75, 3.05) is 25.3 Å². The van der Waals surface area contributed by atoms with Gasteiger partial charge in [0, 0.05) is 11.3 Å². The number of carboxylic acids is 1. The van der Waals surface area contributed by atoms with Gasteiger partial charge in [-0.05, 0) is 26.0 Å². The van der Waals surface area contributed by atoms with E-state index in [2.05, 4.69) is 10.5 Å². The van der Waals surface area contributed by atoms with E-state index in [0.717, 1.165) is 17.0 Å². The Morgan fingerprint density at radius 3 is 2.54 bits per heavy atom. The fourth-order valence-electron chi connectivity index (χ4n) is 2.32. The first kappa shape index (κ1) is 19.6. The average molecular weight is 380 g/mol. The number of carbonyl (C=O) groups is 2. The van der Waals surface area contributed by atoms with Gasteiger partial charge in [0.25, 0.3) is 0 Å². The predicted molar refractivity (Wildman–Crippen MR) is 97.3 cm³/mol. The smallest absolute Gasteiger partial charge is 0.335 e. The summed E-state index contributed by atoms with van der Waals surface area (Å²) in [6.45, 7) is 3.67. The van der Waals surface area contributed by atoms with Crippen molar-refractivity contribution in [2.45, 2.75) is 19.6 Å². The Bertz CT molecular complexity index is 798. The van der Waals surface area contributed by atoms with Crippen molar-refractivity contribution in [1.82, 2.24) is 5.16 Å². The third kappa shape index (κ3) is 4.48. The van der Waals surface area contributed by atoms with Gasteiger partial charge in [-0.1, -0.05) is 5.16 Å². The number of rotatable bonds is 8. The Morgan fingerprint density at radius 1 is 1.27 bits per heavy atom. The molecule has 1 amide bonds. The van der Waals surface area contributed by atoms with Crippen LogP contribution in [-0.4, -0.2) is 42.1 Å². The molecule has 140 valence electrons. The van der Waals surface area contributed by atoms with E-state index in [9.17, 15) is 14.7 Å². The molecule has 26 heavy (non-hydrogen) atoms. The van der Waals surface area contributed by atoms with Crippen LogP contribution in [0.15, 0.2) is 16.7 Å². The number of carboxylic acid groups (broad SMARTS) is 1. The van der Waals surface area contributed by atoms with Crippen molar-refractivity contribution < 1.29 is 28.7 Å². The summed E-state index contributed by atoms with van der Waals surface area (Å²) in [5, 5.41) is 15.7. The molecule has 0 bridgehead atoms. The molecule has 0 atom stereocenters. The van der Waals surface area contributed by atoms with E-state index in [-0.39, 0.29) is 34.4 Å². The fraction of sp³-hybridized carbons (Fsp3) is 0.353. The van der Waals surface area contributed by atoms with Crippen molar-refractivity contribution in [3.05, 3.63) is 34.7 Å². The van der Waals surface area contributed by atoms with Crippen LogP contribution in [0.25, 0.3) is 0 Å². The number of hydrogen-bond acceptors (Lipinski definition) is 7. The predicted octanol–water partition coefficient (Wildman–Crippen LogP) is 2.88. The first-order valence-corrected chi connectivity index (χ1v) is 8.81. The van der Waals surface area contributed by atoms with E-state index in [0.29, 0.717) is 5.75 Å². The third-order valence-electron chi connectivity index (χ3n) is 3.66. The van der Waals surface area contributed by atoms with Crippen molar-refractivity contribution in [1.29, 1.82) is 0 Å². The maximum Gasteiger partial charge on any atom is 0.335 e. The Hall–Kier alpha value is -2.68. The van der Waals surface area contributed by atoms with E-state index in [1.54, 1.807) is 0 Å². The molecule has 1 heterocycles. The second-order valence-corrected chi connectivity index (χ2v) is 6.39. The van der Waals surface area contributed by atoms with Gasteiger partial charge >= 0.3 is 5.97 Å². The van der Waals surface area contributed by atoms with Crippen LogP contribution < -0.4 is 14.8 Å². The number of ether oxygens (including phenoxy) is 2. The minimum absolute atomic E-state index is 0.0127. The molecule has 1 aromatic heterocycles. The number of thioether (sulfide) groups is 1. The van der Waals surface area contributed by atoms with Crippen LogP contribution in [0.5, 0.6) is 11.5 Å². The molecule has 0 aliphatic rings. The average Bonchev–Trinajstić information content (AvgIpc) is 2.92. The molecule has 0 fully saturated rings. The summed E-state index contributed by atoms with van der Waals surface area (Å²) in [6, 6.07) is 2.67. The number of methoxy groups -OCH3 is 2. The maximum atomic E-state index is 12.2. The van der Waals surface area contributed by atoms with Crippen LogP contribution in [0.3, 0.4) is 0 Å². The summed E-state index contributed by atoms with van der Waals surface area (Å²) >= 11 is 1.40. The highest BCUT2D eigenvalue weighted by Crippen LogP contribution is 2.36. The second-order valence-electron chi connectivity index (χ2n) is 5.41. The number of nitrogens with one attached hydrogen (secondary N) is 1. The molecule has 0 saturated carbocycles. The molecule has 0 radical (unpaired) electrons. The lowest BCUT2D eigenvalue weighted by Crippen LogP contribution is -2.16. The highest BCUT2D eigenvalue weighted by Gasteiger charge is 2.18. The number of aryl methyl sites for hydroxylation is 2. The molecule has 0 aliphatic carbocycles. The zero-order valence-corrected chi connectivity index (χ0v) is 15.7. The monoisotopic (exact) mass is 380 g/mol. The number of amides is 1. The number of benzene rings is 1. The Labute approximate surface area is 154 Å². The van der Waals surface area contributed by atoms with Crippen molar-refractivity contribution in [2.24, 2.45) is 0 Å². The molecule has 2 N–H and O–H groups in total. The van der Waals surface area contributed by atoms with Gasteiger partial charge < -0.3 is 24.4 Å². The van der Waals surface area contributed by atoms with E-state index in [1.807, 2.05) is 13.8 Å². The van der Waals surface area contributed by atoms with Crippen molar-refractivity contribution in [3.63, 3.8) is 0 Å². The Balaban J connectivity index is 2.08. The first-order chi connectivity index (χ1) is 12.4. The molecule has 0 aliphatic heterocycles. The zero-order chi connectivity index (χ0) is 19.3. The van der Waals surface area contributed by atoms with Crippen LogP contribution in [-0.2, 0) is 10.5 Å². The molecular weight excluding hydrogens is 360 g/mol. The molecule has 0 saturated heterocycles. The van der Waals surface area contributed by atoms with E-state index < -0.39 is 5.97 Å². The lowest BCUT2D eigenvalue weighted by atomic mass is 10.1. The molecule has 8 nitrogen and oxygen atoms in total. The maximum absolute atomic E-state index is 12.2. The summed E-state index contributed by atoms with van der Waals surface area (Å²) in [7, 11) is 2.81. The van der Waals surface area contributed by atoms with Crippen LogP contribution in [0.1, 0.15) is 27.4 Å². The van der Waals surface area contributed by atoms with E-state index >= 15 is 0 Å². The van der Waals surface area contributed by atoms with Gasteiger partial charge in [-0.25, -0.2) is 4.79 Å². The van der Waals surface area contributed by atoms with Gasteiger partial charge in [-0.2, -0.15) is 0 Å². The minimum atomic E-state index is -1.13. The molecular formula is C17H20N2O6S. The number of hydrogen-bond donors (Lipinski definition) is 2. The van der Waals surface area contributed by atoms with Gasteiger partial charge in [-0.3, -0.25) is 4.79 Å². The number of anilines is 1. The summed E-state index contributed by atoms with van der Waals surface area (Å²) < 4.78 is 15.5. The highest BCUT2D eigenvalue weighted by atomic mass is 32.2. The molecule has 0 spiro atoms. The number of aromatic carboxylic acids is 1. The second kappa shape index (κ2) is 8.61. The quantitative estimate of drug-likeness (QED) is 0.719. The summed E-state index contributed by atoms with van der Waals surface area (Å²) in [5.74, 6) is 0.569. The first-order valence-electron chi connectivity index (χ1n) is 7.66. The van der Waals surface area contributed by atoms with Crippen molar-refractivity contribution in [3.8, 4) is 11.5 Å². The zero-order valence-electron chi connectivity index (χ0n) is 14.9.